The van der Waals surface area contributed by atoms with E-state index in [2.05, 4.69) is 11.9 Å². The van der Waals surface area contributed by atoms with Gasteiger partial charge in [-0.15, -0.1) is 0 Å². The van der Waals surface area contributed by atoms with Crippen molar-refractivity contribution in [2.24, 2.45) is 0 Å². The lowest BCUT2D eigenvalue weighted by molar-refractivity contribution is -0.0345. The molecule has 18 heavy (non-hydrogen) atoms. The summed E-state index contributed by atoms with van der Waals surface area (Å²) in [7, 11) is 0. The fourth-order valence-corrected chi connectivity index (χ4v) is 1.93. The topological polar surface area (TPSA) is 50.7 Å². The molecular formula is C14H23NO3. The zero-order valence-electron chi connectivity index (χ0n) is 11.5. The first kappa shape index (κ1) is 14.6. The van der Waals surface area contributed by atoms with Crippen molar-refractivity contribution in [3.63, 3.8) is 0 Å². The summed E-state index contributed by atoms with van der Waals surface area (Å²) in [6.07, 6.45) is 2.62. The van der Waals surface area contributed by atoms with Crippen LogP contribution in [0, 0.1) is 0 Å². The zero-order valence-corrected chi connectivity index (χ0v) is 11.5. The molecule has 2 saturated heterocycles. The van der Waals surface area contributed by atoms with Crippen molar-refractivity contribution in [2.75, 3.05) is 19.8 Å². The van der Waals surface area contributed by atoms with Gasteiger partial charge in [0.25, 0.3) is 0 Å². The molecular weight excluding hydrogens is 230 g/mol. The van der Waals surface area contributed by atoms with Crippen LogP contribution in [0.5, 0.6) is 0 Å². The van der Waals surface area contributed by atoms with Crippen LogP contribution in [-0.2, 0) is 9.47 Å². The lowest BCUT2D eigenvalue weighted by Crippen LogP contribution is -2.29. The van der Waals surface area contributed by atoms with Crippen molar-refractivity contribution in [3.05, 3.63) is 35.4 Å². The molecule has 0 saturated carbocycles. The van der Waals surface area contributed by atoms with E-state index >= 15 is 0 Å². The first-order chi connectivity index (χ1) is 8.76. The summed E-state index contributed by atoms with van der Waals surface area (Å²) in [5.74, 6) is 1.24. The van der Waals surface area contributed by atoms with Gasteiger partial charge in [-0.1, -0.05) is 26.5 Å². The van der Waals surface area contributed by atoms with Gasteiger partial charge in [-0.05, 0) is 13.3 Å². The fraction of sp³-hybridized carbons (Fsp3) is 0.571. The largest absolute Gasteiger partial charge is 0.486 e. The number of aliphatic hydroxyl groups is 1. The minimum atomic E-state index is -0.285. The molecule has 0 aromatic heterocycles. The van der Waals surface area contributed by atoms with Crippen LogP contribution >= 0.6 is 0 Å². The number of rotatable bonds is 1. The first-order valence-electron chi connectivity index (χ1n) is 6.49. The molecule has 2 aliphatic heterocycles. The molecule has 1 unspecified atom stereocenters. The van der Waals surface area contributed by atoms with Gasteiger partial charge in [0.1, 0.15) is 6.61 Å². The van der Waals surface area contributed by atoms with Crippen LogP contribution in [0.4, 0.5) is 0 Å². The van der Waals surface area contributed by atoms with Gasteiger partial charge in [0.05, 0.1) is 6.61 Å². The quantitative estimate of drug-likeness (QED) is 0.751. The van der Waals surface area contributed by atoms with E-state index in [4.69, 9.17) is 14.6 Å². The van der Waals surface area contributed by atoms with Crippen LogP contribution in [0.3, 0.4) is 0 Å². The lowest BCUT2D eigenvalue weighted by Gasteiger charge is -2.28. The number of aliphatic hydroxyl groups excluding tert-OH is 1. The second-order valence-corrected chi connectivity index (χ2v) is 3.84. The van der Waals surface area contributed by atoms with Crippen molar-refractivity contribution in [2.45, 2.75) is 33.3 Å². The number of hydrogen-bond donors (Lipinski definition) is 2. The normalized spacial score (nSPS) is 29.0. The SMILES string of the molecule is C=C1OCC(CO)O/C1=C1\CCN\C1=C\C.CC. The smallest absolute Gasteiger partial charge is 0.166 e. The monoisotopic (exact) mass is 253 g/mol. The standard InChI is InChI=1S/C12H17NO3.C2H6/c1-3-11-10(4-5-13-11)12-8(2)15-7-9(6-14)16-12;1-2/h3,9,13-14H,2,4-7H2,1H3;1-2H3/b11-3+,12-10+;. The minimum absolute atomic E-state index is 0.0390. The Balaban J connectivity index is 0.000000771. The maximum absolute atomic E-state index is 9.07. The Morgan fingerprint density at radius 1 is 1.50 bits per heavy atom. The number of nitrogens with one attached hydrogen (secondary N) is 1. The van der Waals surface area contributed by atoms with E-state index in [1.165, 1.54) is 0 Å². The Kier molecular flexibility index (Phi) is 5.78. The molecule has 2 N–H and O–H groups in total. The molecule has 102 valence electrons. The second kappa shape index (κ2) is 7.11. The number of hydrogen-bond acceptors (Lipinski definition) is 4. The summed E-state index contributed by atoms with van der Waals surface area (Å²) in [5, 5.41) is 12.3. The third-order valence-electron chi connectivity index (χ3n) is 2.76. The Morgan fingerprint density at radius 3 is 2.83 bits per heavy atom. The summed E-state index contributed by atoms with van der Waals surface area (Å²) >= 11 is 0. The summed E-state index contributed by atoms with van der Waals surface area (Å²) < 4.78 is 11.1. The molecule has 2 heterocycles. The molecule has 2 aliphatic rings. The second-order valence-electron chi connectivity index (χ2n) is 3.84. The van der Waals surface area contributed by atoms with E-state index < -0.39 is 0 Å². The summed E-state index contributed by atoms with van der Waals surface area (Å²) in [4.78, 5) is 0. The van der Waals surface area contributed by atoms with Crippen molar-refractivity contribution >= 4 is 0 Å². The van der Waals surface area contributed by atoms with E-state index in [9.17, 15) is 0 Å². The van der Waals surface area contributed by atoms with Crippen LogP contribution < -0.4 is 5.32 Å². The third kappa shape index (κ3) is 3.07. The molecule has 1 atom stereocenters. The van der Waals surface area contributed by atoms with Gasteiger partial charge in [0.15, 0.2) is 17.6 Å². The van der Waals surface area contributed by atoms with Crippen LogP contribution in [0.25, 0.3) is 0 Å². The van der Waals surface area contributed by atoms with Gasteiger partial charge in [0.2, 0.25) is 0 Å². The molecule has 0 radical (unpaired) electrons. The van der Waals surface area contributed by atoms with Gasteiger partial charge < -0.3 is 19.9 Å². The molecule has 2 fully saturated rings. The third-order valence-corrected chi connectivity index (χ3v) is 2.76. The predicted octanol–water partition coefficient (Wildman–Crippen LogP) is 2.09. The van der Waals surface area contributed by atoms with E-state index in [-0.39, 0.29) is 12.7 Å². The van der Waals surface area contributed by atoms with Gasteiger partial charge in [0, 0.05) is 17.8 Å². The summed E-state index contributed by atoms with van der Waals surface area (Å²) in [6.45, 7) is 11.0. The summed E-state index contributed by atoms with van der Waals surface area (Å²) in [6, 6.07) is 0. The molecule has 4 heteroatoms. The van der Waals surface area contributed by atoms with Gasteiger partial charge >= 0.3 is 0 Å². The molecule has 0 amide bonds. The number of allylic oxidation sites excluding steroid dienone is 2. The number of ether oxygens (including phenoxy) is 2. The van der Waals surface area contributed by atoms with Crippen molar-refractivity contribution in [1.82, 2.24) is 5.32 Å². The van der Waals surface area contributed by atoms with Crippen molar-refractivity contribution < 1.29 is 14.6 Å². The average molecular weight is 253 g/mol. The van der Waals surface area contributed by atoms with E-state index in [1.54, 1.807) is 0 Å². The van der Waals surface area contributed by atoms with Crippen molar-refractivity contribution in [3.8, 4) is 0 Å². The van der Waals surface area contributed by atoms with E-state index in [0.29, 0.717) is 18.1 Å². The maximum Gasteiger partial charge on any atom is 0.166 e. The highest BCUT2D eigenvalue weighted by Crippen LogP contribution is 2.30. The van der Waals surface area contributed by atoms with Crippen LogP contribution in [0.2, 0.25) is 0 Å². The summed E-state index contributed by atoms with van der Waals surface area (Å²) in [5.41, 5.74) is 2.16. The fourth-order valence-electron chi connectivity index (χ4n) is 1.93. The van der Waals surface area contributed by atoms with Gasteiger partial charge in [-0.3, -0.25) is 0 Å². The highest BCUT2D eigenvalue weighted by atomic mass is 16.6. The average Bonchev–Trinajstić information content (AvgIpc) is 2.90. The zero-order chi connectivity index (χ0) is 13.5. The highest BCUT2D eigenvalue weighted by molar-refractivity contribution is 5.41. The Bertz CT molecular complexity index is 358. The molecule has 0 aliphatic carbocycles. The molecule has 0 bridgehead atoms. The van der Waals surface area contributed by atoms with Gasteiger partial charge in [-0.2, -0.15) is 0 Å². The molecule has 2 rings (SSSR count). The van der Waals surface area contributed by atoms with Crippen LogP contribution in [-0.4, -0.2) is 31.0 Å². The Hall–Kier alpha value is -1.42. The molecule has 0 aromatic rings. The minimum Gasteiger partial charge on any atom is -0.486 e. The predicted molar refractivity (Wildman–Crippen MR) is 71.8 cm³/mol. The van der Waals surface area contributed by atoms with Crippen molar-refractivity contribution in [1.29, 1.82) is 0 Å². The van der Waals surface area contributed by atoms with Crippen LogP contribution in [0.1, 0.15) is 27.2 Å². The Labute approximate surface area is 109 Å². The van der Waals surface area contributed by atoms with E-state index in [1.807, 2.05) is 26.8 Å². The maximum atomic E-state index is 9.07. The first-order valence-corrected chi connectivity index (χ1v) is 6.49. The molecule has 4 nitrogen and oxygen atoms in total. The van der Waals surface area contributed by atoms with Crippen LogP contribution in [0.15, 0.2) is 35.4 Å². The Morgan fingerprint density at radius 2 is 2.22 bits per heavy atom. The molecule has 0 spiro atoms. The van der Waals surface area contributed by atoms with E-state index in [0.717, 1.165) is 24.2 Å². The molecule has 0 aromatic carbocycles. The lowest BCUT2D eigenvalue weighted by atomic mass is 10.1. The highest BCUT2D eigenvalue weighted by Gasteiger charge is 2.27. The van der Waals surface area contributed by atoms with Gasteiger partial charge in [-0.25, -0.2) is 0 Å².